The molecule has 94 valence electrons. The molecule has 1 aliphatic rings. The molecule has 0 spiro atoms. The van der Waals surface area contributed by atoms with Crippen molar-refractivity contribution in [1.82, 2.24) is 4.98 Å². The number of pyridine rings is 1. The van der Waals surface area contributed by atoms with Gasteiger partial charge in [0.2, 0.25) is 0 Å². The summed E-state index contributed by atoms with van der Waals surface area (Å²) in [7, 11) is 2.18. The first-order valence-electron chi connectivity index (χ1n) is 6.43. The maximum Gasteiger partial charge on any atom is 0.0722 e. The van der Waals surface area contributed by atoms with Crippen LogP contribution in [0.2, 0.25) is 0 Å². The number of benzene rings is 1. The molecule has 1 aromatic carbocycles. The molecule has 2 aromatic rings. The maximum atomic E-state index is 4.42. The molecule has 0 N–H and O–H groups in total. The smallest absolute Gasteiger partial charge is 0.0722 e. The van der Waals surface area contributed by atoms with Crippen molar-refractivity contribution in [3.8, 4) is 0 Å². The molecule has 0 saturated heterocycles. The second-order valence-electron chi connectivity index (χ2n) is 5.16. The minimum Gasteiger partial charge on any atom is -0.374 e. The fraction of sp³-hybridized carbons (Fsp3) is 0.400. The van der Waals surface area contributed by atoms with E-state index in [2.05, 4.69) is 57.1 Å². The third kappa shape index (κ3) is 2.24. The lowest BCUT2D eigenvalue weighted by molar-refractivity contribution is 0.339. The van der Waals surface area contributed by atoms with Gasteiger partial charge in [-0.25, -0.2) is 0 Å². The van der Waals surface area contributed by atoms with Crippen LogP contribution >= 0.6 is 15.9 Å². The Kier molecular flexibility index (Phi) is 3.25. The van der Waals surface area contributed by atoms with Gasteiger partial charge in [-0.1, -0.05) is 34.1 Å². The number of aromatic nitrogens is 1. The second kappa shape index (κ2) is 4.88. The summed E-state index contributed by atoms with van der Waals surface area (Å²) in [5, 5.41) is 1.25. The molecule has 0 bridgehead atoms. The van der Waals surface area contributed by atoms with E-state index in [-0.39, 0.29) is 0 Å². The number of fused-ring (bicyclic) bond motifs is 1. The Morgan fingerprint density at radius 2 is 2.06 bits per heavy atom. The van der Waals surface area contributed by atoms with Crippen LogP contribution in [0.25, 0.3) is 10.9 Å². The molecule has 18 heavy (non-hydrogen) atoms. The summed E-state index contributed by atoms with van der Waals surface area (Å²) in [4.78, 5) is 7.52. The summed E-state index contributed by atoms with van der Waals surface area (Å²) in [6.45, 7) is 1.14. The standard InChI is InChI=1S/C15H17BrN2/c1-18(10-11-8-12(16)9-11)15-6-7-17-14-5-3-2-4-13(14)15/h2-7,11-12H,8-10H2,1H3. The van der Waals surface area contributed by atoms with E-state index in [4.69, 9.17) is 0 Å². The average molecular weight is 305 g/mol. The molecule has 3 heteroatoms. The van der Waals surface area contributed by atoms with Crippen LogP contribution in [0.5, 0.6) is 0 Å². The van der Waals surface area contributed by atoms with Crippen molar-refractivity contribution in [2.45, 2.75) is 17.7 Å². The topological polar surface area (TPSA) is 16.1 Å². The molecule has 1 aliphatic carbocycles. The third-order valence-corrected chi connectivity index (χ3v) is 4.50. The van der Waals surface area contributed by atoms with Gasteiger partial charge in [0.15, 0.2) is 0 Å². The highest BCUT2D eigenvalue weighted by Crippen LogP contribution is 2.35. The van der Waals surface area contributed by atoms with E-state index in [9.17, 15) is 0 Å². The Bertz CT molecular complexity index is 544. The first kappa shape index (κ1) is 12.0. The SMILES string of the molecule is CN(CC1CC(Br)C1)c1ccnc2ccccc12. The Balaban J connectivity index is 1.84. The molecular formula is C15H17BrN2. The molecule has 1 saturated carbocycles. The number of alkyl halides is 1. The lowest BCUT2D eigenvalue weighted by Crippen LogP contribution is -2.34. The summed E-state index contributed by atoms with van der Waals surface area (Å²) < 4.78 is 0. The Labute approximate surface area is 116 Å². The fourth-order valence-electron chi connectivity index (χ4n) is 2.70. The molecular weight excluding hydrogens is 288 g/mol. The Hall–Kier alpha value is -1.09. The lowest BCUT2D eigenvalue weighted by atomic mass is 9.85. The molecule has 1 heterocycles. The number of nitrogens with zero attached hydrogens (tertiary/aromatic N) is 2. The predicted molar refractivity (Wildman–Crippen MR) is 80.5 cm³/mol. The van der Waals surface area contributed by atoms with Crippen molar-refractivity contribution in [2.24, 2.45) is 5.92 Å². The largest absolute Gasteiger partial charge is 0.374 e. The van der Waals surface area contributed by atoms with Gasteiger partial charge in [0.25, 0.3) is 0 Å². The van der Waals surface area contributed by atoms with E-state index in [1.54, 1.807) is 0 Å². The predicted octanol–water partition coefficient (Wildman–Crippen LogP) is 3.84. The zero-order valence-electron chi connectivity index (χ0n) is 10.5. The van der Waals surface area contributed by atoms with E-state index in [1.807, 2.05) is 12.3 Å². The molecule has 0 radical (unpaired) electrons. The number of hydrogen-bond acceptors (Lipinski definition) is 2. The van der Waals surface area contributed by atoms with Gasteiger partial charge in [-0.3, -0.25) is 4.98 Å². The van der Waals surface area contributed by atoms with Gasteiger partial charge in [-0.05, 0) is 30.9 Å². The van der Waals surface area contributed by atoms with E-state index >= 15 is 0 Å². The molecule has 0 aliphatic heterocycles. The quantitative estimate of drug-likeness (QED) is 0.801. The van der Waals surface area contributed by atoms with Crippen molar-refractivity contribution in [1.29, 1.82) is 0 Å². The van der Waals surface area contributed by atoms with E-state index in [0.717, 1.165) is 22.8 Å². The molecule has 0 unspecified atom stereocenters. The first-order valence-corrected chi connectivity index (χ1v) is 7.34. The average Bonchev–Trinajstić information content (AvgIpc) is 2.36. The fourth-order valence-corrected chi connectivity index (χ4v) is 3.76. The van der Waals surface area contributed by atoms with Crippen LogP contribution in [-0.4, -0.2) is 23.4 Å². The monoisotopic (exact) mass is 304 g/mol. The van der Waals surface area contributed by atoms with Crippen LogP contribution in [-0.2, 0) is 0 Å². The van der Waals surface area contributed by atoms with Gasteiger partial charge in [-0.2, -0.15) is 0 Å². The molecule has 0 amide bonds. The van der Waals surface area contributed by atoms with Crippen LogP contribution in [0.3, 0.4) is 0 Å². The molecule has 0 atom stereocenters. The van der Waals surface area contributed by atoms with Crippen LogP contribution in [0.15, 0.2) is 36.5 Å². The van der Waals surface area contributed by atoms with Crippen molar-refractivity contribution >= 4 is 32.5 Å². The van der Waals surface area contributed by atoms with E-state index in [0.29, 0.717) is 0 Å². The number of halogens is 1. The van der Waals surface area contributed by atoms with Crippen LogP contribution in [0, 0.1) is 5.92 Å². The maximum absolute atomic E-state index is 4.42. The molecule has 2 nitrogen and oxygen atoms in total. The highest BCUT2D eigenvalue weighted by molar-refractivity contribution is 9.09. The van der Waals surface area contributed by atoms with Crippen molar-refractivity contribution in [2.75, 3.05) is 18.5 Å². The Morgan fingerprint density at radius 1 is 1.28 bits per heavy atom. The minimum absolute atomic E-state index is 0.741. The van der Waals surface area contributed by atoms with E-state index < -0.39 is 0 Å². The van der Waals surface area contributed by atoms with Crippen LogP contribution in [0.1, 0.15) is 12.8 Å². The van der Waals surface area contributed by atoms with Gasteiger partial charge in [0.05, 0.1) is 5.52 Å². The summed E-state index contributed by atoms with van der Waals surface area (Å²) in [6, 6.07) is 10.5. The zero-order chi connectivity index (χ0) is 12.5. The van der Waals surface area contributed by atoms with Gasteiger partial charge in [0.1, 0.15) is 0 Å². The highest BCUT2D eigenvalue weighted by atomic mass is 79.9. The van der Waals surface area contributed by atoms with E-state index in [1.165, 1.54) is 23.9 Å². The van der Waals surface area contributed by atoms with Crippen LogP contribution < -0.4 is 4.90 Å². The second-order valence-corrected chi connectivity index (χ2v) is 6.46. The van der Waals surface area contributed by atoms with Gasteiger partial charge < -0.3 is 4.90 Å². The normalized spacial score (nSPS) is 22.8. The summed E-state index contributed by atoms with van der Waals surface area (Å²) in [5.74, 6) is 0.825. The van der Waals surface area contributed by atoms with Gasteiger partial charge in [0, 0.05) is 35.7 Å². The molecule has 3 rings (SSSR count). The minimum atomic E-state index is 0.741. The number of anilines is 1. The molecule has 1 fully saturated rings. The number of para-hydroxylation sites is 1. The van der Waals surface area contributed by atoms with Crippen molar-refractivity contribution in [3.63, 3.8) is 0 Å². The third-order valence-electron chi connectivity index (χ3n) is 3.75. The van der Waals surface area contributed by atoms with Gasteiger partial charge in [-0.15, -0.1) is 0 Å². The lowest BCUT2D eigenvalue weighted by Gasteiger charge is -2.35. The number of hydrogen-bond donors (Lipinski definition) is 0. The number of rotatable bonds is 3. The zero-order valence-corrected chi connectivity index (χ0v) is 12.1. The van der Waals surface area contributed by atoms with Gasteiger partial charge >= 0.3 is 0 Å². The van der Waals surface area contributed by atoms with Crippen molar-refractivity contribution in [3.05, 3.63) is 36.5 Å². The molecule has 1 aromatic heterocycles. The summed E-state index contributed by atoms with van der Waals surface area (Å²) >= 11 is 3.66. The highest BCUT2D eigenvalue weighted by Gasteiger charge is 2.27. The van der Waals surface area contributed by atoms with Crippen LogP contribution in [0.4, 0.5) is 5.69 Å². The Morgan fingerprint density at radius 3 is 2.83 bits per heavy atom. The summed E-state index contributed by atoms with van der Waals surface area (Å²) in [5.41, 5.74) is 2.37. The van der Waals surface area contributed by atoms with Crippen molar-refractivity contribution < 1.29 is 0 Å². The first-order chi connectivity index (χ1) is 8.74. The summed E-state index contributed by atoms with van der Waals surface area (Å²) in [6.07, 6.45) is 4.50.